The van der Waals surface area contributed by atoms with Gasteiger partial charge in [0, 0.05) is 12.4 Å². The molecule has 2 heterocycles. The Morgan fingerprint density at radius 2 is 2.12 bits per heavy atom. The Hall–Kier alpha value is -2.31. The van der Waals surface area contributed by atoms with E-state index in [2.05, 4.69) is 20.2 Å². The summed E-state index contributed by atoms with van der Waals surface area (Å²) in [6.45, 7) is 1.95. The Morgan fingerprint density at radius 1 is 1.38 bits per heavy atom. The van der Waals surface area contributed by atoms with Crippen LogP contribution in [-0.4, -0.2) is 32.7 Å². The lowest BCUT2D eigenvalue weighted by Gasteiger charge is -1.94. The summed E-state index contributed by atoms with van der Waals surface area (Å²) in [5, 5.41) is 7.26. The Morgan fingerprint density at radius 3 is 2.81 bits per heavy atom. The summed E-state index contributed by atoms with van der Waals surface area (Å²) >= 11 is 0. The van der Waals surface area contributed by atoms with Crippen molar-refractivity contribution in [2.45, 2.75) is 6.92 Å². The predicted molar refractivity (Wildman–Crippen MR) is 51.3 cm³/mol. The molecule has 0 aromatic carbocycles. The van der Waals surface area contributed by atoms with Gasteiger partial charge in [0.05, 0.1) is 12.2 Å². The van der Waals surface area contributed by atoms with Crippen LogP contribution in [-0.2, 0) is 4.74 Å². The molecule has 7 heteroatoms. The topological polar surface area (TPSA) is 91.0 Å². The van der Waals surface area contributed by atoms with E-state index in [0.717, 1.165) is 0 Å². The van der Waals surface area contributed by atoms with Gasteiger partial charge in [0.25, 0.3) is 5.89 Å². The average Bonchev–Trinajstić information content (AvgIpc) is 2.80. The third kappa shape index (κ3) is 2.02. The van der Waals surface area contributed by atoms with Crippen LogP contribution in [0.3, 0.4) is 0 Å². The van der Waals surface area contributed by atoms with Crippen molar-refractivity contribution in [2.24, 2.45) is 0 Å². The van der Waals surface area contributed by atoms with Gasteiger partial charge in [0.1, 0.15) is 6.33 Å². The highest BCUT2D eigenvalue weighted by Crippen LogP contribution is 2.15. The van der Waals surface area contributed by atoms with Crippen LogP contribution < -0.4 is 0 Å². The number of esters is 1. The largest absolute Gasteiger partial charge is 0.459 e. The lowest BCUT2D eigenvalue weighted by atomic mass is 10.3. The highest BCUT2D eigenvalue weighted by Gasteiger charge is 2.16. The monoisotopic (exact) mass is 220 g/mol. The van der Waals surface area contributed by atoms with Crippen LogP contribution in [0.25, 0.3) is 11.5 Å². The van der Waals surface area contributed by atoms with E-state index in [0.29, 0.717) is 5.56 Å². The normalized spacial score (nSPS) is 10.1. The standard InChI is InChI=1S/C9H8N4O3/c1-2-15-9(14)8-13-12-7(16-8)6-3-10-5-11-4-6/h3-5H,2H2,1H3. The number of carbonyl (C=O) groups is 1. The van der Waals surface area contributed by atoms with E-state index in [9.17, 15) is 4.79 Å². The summed E-state index contributed by atoms with van der Waals surface area (Å²) in [6.07, 6.45) is 4.40. The molecule has 0 amide bonds. The molecule has 0 atom stereocenters. The molecule has 2 aromatic rings. The quantitative estimate of drug-likeness (QED) is 0.703. The summed E-state index contributed by atoms with van der Waals surface area (Å²) in [7, 11) is 0. The SMILES string of the molecule is CCOC(=O)c1nnc(-c2cncnc2)o1. The molecule has 0 radical (unpaired) electrons. The first-order valence-electron chi connectivity index (χ1n) is 4.57. The van der Waals surface area contributed by atoms with E-state index >= 15 is 0 Å². The summed E-state index contributed by atoms with van der Waals surface area (Å²) in [4.78, 5) is 18.8. The molecule has 0 saturated heterocycles. The fourth-order valence-electron chi connectivity index (χ4n) is 1.02. The van der Waals surface area contributed by atoms with Gasteiger partial charge >= 0.3 is 11.9 Å². The average molecular weight is 220 g/mol. The van der Waals surface area contributed by atoms with Gasteiger partial charge in [-0.05, 0) is 6.92 Å². The molecule has 2 aromatic heterocycles. The molecule has 0 unspecified atom stereocenters. The molecule has 0 aliphatic heterocycles. The third-order valence-electron chi connectivity index (χ3n) is 1.68. The fraction of sp³-hybridized carbons (Fsp3) is 0.222. The van der Waals surface area contributed by atoms with E-state index in [4.69, 9.17) is 9.15 Å². The maximum Gasteiger partial charge on any atom is 0.396 e. The predicted octanol–water partition coefficient (Wildman–Crippen LogP) is 0.703. The second-order valence-electron chi connectivity index (χ2n) is 2.76. The van der Waals surface area contributed by atoms with Crippen LogP contribution in [0.1, 0.15) is 17.6 Å². The van der Waals surface area contributed by atoms with Gasteiger partial charge in [-0.15, -0.1) is 10.2 Å². The van der Waals surface area contributed by atoms with Crippen LogP contribution in [0, 0.1) is 0 Å². The van der Waals surface area contributed by atoms with Gasteiger partial charge in [-0.3, -0.25) is 0 Å². The number of carbonyl (C=O) groups excluding carboxylic acids is 1. The van der Waals surface area contributed by atoms with Crippen molar-refractivity contribution in [3.8, 4) is 11.5 Å². The van der Waals surface area contributed by atoms with E-state index in [1.807, 2.05) is 0 Å². The first-order chi connectivity index (χ1) is 7.81. The molecule has 7 nitrogen and oxygen atoms in total. The van der Waals surface area contributed by atoms with Crippen molar-refractivity contribution in [1.29, 1.82) is 0 Å². The highest BCUT2D eigenvalue weighted by molar-refractivity contribution is 5.84. The zero-order valence-electron chi connectivity index (χ0n) is 8.45. The zero-order valence-corrected chi connectivity index (χ0v) is 8.45. The number of hydrogen-bond donors (Lipinski definition) is 0. The molecule has 0 spiro atoms. The van der Waals surface area contributed by atoms with E-state index in [1.54, 1.807) is 6.92 Å². The van der Waals surface area contributed by atoms with Gasteiger partial charge in [-0.25, -0.2) is 14.8 Å². The van der Waals surface area contributed by atoms with Gasteiger partial charge in [-0.1, -0.05) is 0 Å². The van der Waals surface area contributed by atoms with Gasteiger partial charge in [0.15, 0.2) is 0 Å². The minimum atomic E-state index is -0.641. The Bertz CT molecular complexity index is 483. The lowest BCUT2D eigenvalue weighted by molar-refractivity contribution is 0.0481. The van der Waals surface area contributed by atoms with E-state index in [1.165, 1.54) is 18.7 Å². The Labute approximate surface area is 90.5 Å². The maximum atomic E-state index is 11.2. The second kappa shape index (κ2) is 4.47. The number of hydrogen-bond acceptors (Lipinski definition) is 7. The summed E-state index contributed by atoms with van der Waals surface area (Å²) in [5.41, 5.74) is 0.547. The first-order valence-corrected chi connectivity index (χ1v) is 4.57. The number of aromatic nitrogens is 4. The Kier molecular flexibility index (Phi) is 2.86. The fourth-order valence-corrected chi connectivity index (χ4v) is 1.02. The van der Waals surface area contributed by atoms with E-state index in [-0.39, 0.29) is 18.4 Å². The van der Waals surface area contributed by atoms with Gasteiger partial charge in [-0.2, -0.15) is 0 Å². The minimum Gasteiger partial charge on any atom is -0.459 e. The molecule has 0 bridgehead atoms. The summed E-state index contributed by atoms with van der Waals surface area (Å²) < 4.78 is 9.82. The summed E-state index contributed by atoms with van der Waals surface area (Å²) in [5.74, 6) is -0.637. The zero-order chi connectivity index (χ0) is 11.4. The first kappa shape index (κ1) is 10.2. The van der Waals surface area contributed by atoms with Crippen LogP contribution >= 0.6 is 0 Å². The van der Waals surface area contributed by atoms with Gasteiger partial charge in [0.2, 0.25) is 0 Å². The second-order valence-corrected chi connectivity index (χ2v) is 2.76. The van der Waals surface area contributed by atoms with Crippen LogP contribution in [0.5, 0.6) is 0 Å². The number of nitrogens with zero attached hydrogens (tertiary/aromatic N) is 4. The minimum absolute atomic E-state index is 0.180. The van der Waals surface area contributed by atoms with Crippen molar-refractivity contribution < 1.29 is 13.9 Å². The molecule has 0 saturated carbocycles. The molecule has 0 aliphatic carbocycles. The molecule has 82 valence electrons. The summed E-state index contributed by atoms with van der Waals surface area (Å²) in [6, 6.07) is 0. The van der Waals surface area contributed by atoms with Crippen molar-refractivity contribution in [3.05, 3.63) is 24.6 Å². The van der Waals surface area contributed by atoms with Crippen LogP contribution in [0.4, 0.5) is 0 Å². The number of rotatable bonds is 3. The lowest BCUT2D eigenvalue weighted by Crippen LogP contribution is -2.04. The maximum absolute atomic E-state index is 11.2. The van der Waals surface area contributed by atoms with Gasteiger partial charge < -0.3 is 9.15 Å². The molecule has 2 rings (SSSR count). The number of ether oxygens (including phenoxy) is 1. The smallest absolute Gasteiger partial charge is 0.396 e. The molecule has 0 N–H and O–H groups in total. The third-order valence-corrected chi connectivity index (χ3v) is 1.68. The van der Waals surface area contributed by atoms with Crippen molar-refractivity contribution in [1.82, 2.24) is 20.2 Å². The molecule has 16 heavy (non-hydrogen) atoms. The van der Waals surface area contributed by atoms with E-state index < -0.39 is 5.97 Å². The van der Waals surface area contributed by atoms with Crippen molar-refractivity contribution >= 4 is 5.97 Å². The van der Waals surface area contributed by atoms with Crippen LogP contribution in [0.2, 0.25) is 0 Å². The molecule has 0 aliphatic rings. The highest BCUT2D eigenvalue weighted by atomic mass is 16.5. The molecular formula is C9H8N4O3. The van der Waals surface area contributed by atoms with Crippen molar-refractivity contribution in [3.63, 3.8) is 0 Å². The van der Waals surface area contributed by atoms with Crippen LogP contribution in [0.15, 0.2) is 23.1 Å². The Balaban J connectivity index is 2.23. The molecule has 0 fully saturated rings. The van der Waals surface area contributed by atoms with Crippen molar-refractivity contribution in [2.75, 3.05) is 6.61 Å². The molecular weight excluding hydrogens is 212 g/mol.